The molecular weight excluding hydrogens is 322 g/mol. The topological polar surface area (TPSA) is 67.3 Å². The Kier molecular flexibility index (Phi) is 4.69. The summed E-state index contributed by atoms with van der Waals surface area (Å²) in [7, 11) is 0. The first-order valence-electron chi connectivity index (χ1n) is 6.13. The molecule has 5 nitrogen and oxygen atoms in total. The van der Waals surface area contributed by atoms with Gasteiger partial charge in [-0.2, -0.15) is 0 Å². The van der Waals surface area contributed by atoms with Crippen molar-refractivity contribution in [2.24, 2.45) is 0 Å². The predicted octanol–water partition coefficient (Wildman–Crippen LogP) is 3.02. The van der Waals surface area contributed by atoms with Gasteiger partial charge in [-0.15, -0.1) is 0 Å². The Morgan fingerprint density at radius 1 is 1.25 bits per heavy atom. The molecule has 0 saturated carbocycles. The van der Waals surface area contributed by atoms with Gasteiger partial charge in [0.2, 0.25) is 0 Å². The lowest BCUT2D eigenvalue weighted by molar-refractivity contribution is -0.00309. The highest BCUT2D eigenvalue weighted by Crippen LogP contribution is 2.19. The number of aliphatic hydroxyl groups is 1. The highest BCUT2D eigenvalue weighted by Gasteiger charge is 2.12. The summed E-state index contributed by atoms with van der Waals surface area (Å²) in [5.74, 6) is 1.15. The van der Waals surface area contributed by atoms with Gasteiger partial charge >= 0.3 is 0 Å². The summed E-state index contributed by atoms with van der Waals surface area (Å²) in [5, 5.41) is 9.55. The average molecular weight is 338 g/mol. The molecule has 0 spiro atoms. The monoisotopic (exact) mass is 337 g/mol. The fourth-order valence-electron chi connectivity index (χ4n) is 1.44. The van der Waals surface area contributed by atoms with Gasteiger partial charge < -0.3 is 5.11 Å². The second kappa shape index (κ2) is 6.30. The molecule has 0 unspecified atom stereocenters. The third-order valence-corrected chi connectivity index (χ3v) is 2.89. The molecule has 1 heterocycles. The van der Waals surface area contributed by atoms with Crippen LogP contribution in [0.25, 0.3) is 11.4 Å². The molecule has 2 rings (SSSR count). The van der Waals surface area contributed by atoms with Crippen molar-refractivity contribution in [3.63, 3.8) is 0 Å². The third kappa shape index (κ3) is 4.56. The Hall–Kier alpha value is -1.50. The fourth-order valence-corrected chi connectivity index (χ4v) is 1.70. The van der Waals surface area contributed by atoms with Crippen LogP contribution in [0, 0.1) is 0 Å². The summed E-state index contributed by atoms with van der Waals surface area (Å²) in [4.78, 5) is 13.8. The first-order chi connectivity index (χ1) is 9.44. The fraction of sp³-hybridized carbons (Fsp3) is 0.286. The maximum Gasteiger partial charge on any atom is 0.161 e. The van der Waals surface area contributed by atoms with E-state index in [1.165, 1.54) is 0 Å². The first-order valence-corrected chi connectivity index (χ1v) is 6.92. The van der Waals surface area contributed by atoms with Crippen LogP contribution in [0.5, 0.6) is 0 Å². The molecule has 0 saturated heterocycles. The summed E-state index contributed by atoms with van der Waals surface area (Å²) < 4.78 is 1.00. The highest BCUT2D eigenvalue weighted by atomic mass is 79.9. The van der Waals surface area contributed by atoms with Crippen molar-refractivity contribution in [2.75, 3.05) is 12.1 Å². The van der Waals surface area contributed by atoms with Crippen molar-refractivity contribution in [2.45, 2.75) is 19.4 Å². The molecule has 2 aromatic rings. The van der Waals surface area contributed by atoms with Gasteiger partial charge in [0, 0.05) is 22.3 Å². The zero-order valence-electron chi connectivity index (χ0n) is 11.3. The molecule has 0 fully saturated rings. The molecule has 1 aromatic heterocycles. The Morgan fingerprint density at radius 3 is 2.60 bits per heavy atom. The normalized spacial score (nSPS) is 11.4. The minimum absolute atomic E-state index is 0.157. The molecule has 1 aromatic carbocycles. The van der Waals surface area contributed by atoms with Gasteiger partial charge in [-0.3, -0.25) is 4.84 Å². The largest absolute Gasteiger partial charge is 0.388 e. The molecule has 0 aliphatic carbocycles. The molecule has 0 amide bonds. The quantitative estimate of drug-likeness (QED) is 0.821. The molecule has 20 heavy (non-hydrogen) atoms. The maximum atomic E-state index is 9.55. The Balaban J connectivity index is 2.06. The minimum Gasteiger partial charge on any atom is -0.388 e. The van der Waals surface area contributed by atoms with Crippen LogP contribution in [0.15, 0.2) is 41.0 Å². The number of hydrogen-bond donors (Lipinski definition) is 2. The standard InChI is InChI=1S/C14H16BrN3O2/c1-14(2,19)9-20-18-12-7-8-16-13(17-12)10-3-5-11(15)6-4-10/h3-8,19H,9H2,1-2H3,(H,16,17,18). The highest BCUT2D eigenvalue weighted by molar-refractivity contribution is 9.10. The van der Waals surface area contributed by atoms with E-state index in [9.17, 15) is 5.11 Å². The molecule has 0 radical (unpaired) electrons. The maximum absolute atomic E-state index is 9.55. The Morgan fingerprint density at radius 2 is 1.95 bits per heavy atom. The van der Waals surface area contributed by atoms with Gasteiger partial charge in [0.15, 0.2) is 11.6 Å². The lowest BCUT2D eigenvalue weighted by atomic mass is 10.2. The van der Waals surface area contributed by atoms with Crippen molar-refractivity contribution in [1.29, 1.82) is 0 Å². The van der Waals surface area contributed by atoms with Crippen LogP contribution < -0.4 is 5.48 Å². The minimum atomic E-state index is -0.894. The number of nitrogens with zero attached hydrogens (tertiary/aromatic N) is 2. The van der Waals surface area contributed by atoms with Crippen molar-refractivity contribution >= 4 is 21.7 Å². The van der Waals surface area contributed by atoms with Crippen LogP contribution in [0.2, 0.25) is 0 Å². The van der Waals surface area contributed by atoms with Crippen LogP contribution >= 0.6 is 15.9 Å². The van der Waals surface area contributed by atoms with Crippen LogP contribution in [-0.2, 0) is 4.84 Å². The van der Waals surface area contributed by atoms with Gasteiger partial charge in [-0.1, -0.05) is 28.1 Å². The lowest BCUT2D eigenvalue weighted by Crippen LogP contribution is -2.27. The average Bonchev–Trinajstić information content (AvgIpc) is 2.38. The summed E-state index contributed by atoms with van der Waals surface area (Å²) in [5.41, 5.74) is 2.72. The lowest BCUT2D eigenvalue weighted by Gasteiger charge is -2.16. The van der Waals surface area contributed by atoms with E-state index in [-0.39, 0.29) is 6.61 Å². The predicted molar refractivity (Wildman–Crippen MR) is 81.0 cm³/mol. The Bertz CT molecular complexity index is 567. The number of halogens is 1. The van der Waals surface area contributed by atoms with Gasteiger partial charge in [-0.25, -0.2) is 15.4 Å². The van der Waals surface area contributed by atoms with E-state index in [1.54, 1.807) is 26.1 Å². The van der Waals surface area contributed by atoms with E-state index in [2.05, 4.69) is 31.4 Å². The molecule has 0 aliphatic heterocycles. The summed E-state index contributed by atoms with van der Waals surface area (Å²) >= 11 is 3.39. The Labute approximate surface area is 126 Å². The molecule has 6 heteroatoms. The van der Waals surface area contributed by atoms with Crippen molar-refractivity contribution in [3.8, 4) is 11.4 Å². The van der Waals surface area contributed by atoms with E-state index < -0.39 is 5.60 Å². The number of hydrogen-bond acceptors (Lipinski definition) is 5. The first kappa shape index (κ1) is 14.9. The number of nitrogens with one attached hydrogen (secondary N) is 1. The molecule has 2 N–H and O–H groups in total. The van der Waals surface area contributed by atoms with Crippen molar-refractivity contribution in [3.05, 3.63) is 41.0 Å². The molecule has 0 bridgehead atoms. The smallest absolute Gasteiger partial charge is 0.161 e. The molecule has 106 valence electrons. The van der Waals surface area contributed by atoms with Crippen LogP contribution in [0.1, 0.15) is 13.8 Å². The summed E-state index contributed by atoms with van der Waals surface area (Å²) in [6.45, 7) is 3.49. The van der Waals surface area contributed by atoms with E-state index in [0.29, 0.717) is 11.6 Å². The van der Waals surface area contributed by atoms with E-state index in [1.807, 2.05) is 24.3 Å². The van der Waals surface area contributed by atoms with Gasteiger partial charge in [-0.05, 0) is 26.0 Å². The zero-order valence-corrected chi connectivity index (χ0v) is 12.9. The molecular formula is C14H16BrN3O2. The molecule has 0 aliphatic rings. The van der Waals surface area contributed by atoms with Crippen LogP contribution in [0.3, 0.4) is 0 Å². The van der Waals surface area contributed by atoms with Crippen LogP contribution in [-0.4, -0.2) is 27.3 Å². The van der Waals surface area contributed by atoms with Crippen LogP contribution in [0.4, 0.5) is 5.82 Å². The second-order valence-corrected chi connectivity index (χ2v) is 5.89. The second-order valence-electron chi connectivity index (χ2n) is 4.98. The van der Waals surface area contributed by atoms with E-state index in [4.69, 9.17) is 4.84 Å². The third-order valence-electron chi connectivity index (χ3n) is 2.36. The number of rotatable bonds is 5. The summed E-state index contributed by atoms with van der Waals surface area (Å²) in [6.07, 6.45) is 1.65. The zero-order chi connectivity index (χ0) is 14.6. The summed E-state index contributed by atoms with van der Waals surface area (Å²) in [6, 6.07) is 9.43. The van der Waals surface area contributed by atoms with Crippen molar-refractivity contribution < 1.29 is 9.94 Å². The van der Waals surface area contributed by atoms with E-state index in [0.717, 1.165) is 10.0 Å². The van der Waals surface area contributed by atoms with Crippen molar-refractivity contribution in [1.82, 2.24) is 9.97 Å². The number of anilines is 1. The van der Waals surface area contributed by atoms with Gasteiger partial charge in [0.05, 0.1) is 5.60 Å². The number of aromatic nitrogens is 2. The number of benzene rings is 1. The van der Waals surface area contributed by atoms with E-state index >= 15 is 0 Å². The SMILES string of the molecule is CC(C)(O)CONc1ccnc(-c2ccc(Br)cc2)n1. The molecule has 0 atom stereocenters. The van der Waals surface area contributed by atoms with Gasteiger partial charge in [0.1, 0.15) is 6.61 Å². The van der Waals surface area contributed by atoms with Gasteiger partial charge in [0.25, 0.3) is 0 Å².